The molecule has 1 fully saturated rings. The molecule has 192 valence electrons. The molecule has 2 N–H and O–H groups in total. The molecule has 2 amide bonds. The molecular formula is C25H28BrF2N5O3. The van der Waals surface area contributed by atoms with Crippen LogP contribution in [0.5, 0.6) is 0 Å². The predicted octanol–water partition coefficient (Wildman–Crippen LogP) is 4.30. The van der Waals surface area contributed by atoms with Gasteiger partial charge in [0.1, 0.15) is 17.3 Å². The minimum Gasteiger partial charge on any atom is -0.383 e. The molecule has 0 aliphatic carbocycles. The number of benzene rings is 2. The van der Waals surface area contributed by atoms with Crippen molar-refractivity contribution in [3.8, 4) is 5.69 Å². The average Bonchev–Trinajstić information content (AvgIpc) is 3.39. The smallest absolute Gasteiger partial charge is 0.320 e. The maximum absolute atomic E-state index is 14.0. The summed E-state index contributed by atoms with van der Waals surface area (Å²) in [5.74, 6) is -1.16. The number of urea groups is 1. The van der Waals surface area contributed by atoms with Crippen LogP contribution < -0.4 is 10.6 Å². The third kappa shape index (κ3) is 6.09. The number of ether oxygens (including phenoxy) is 2. The molecule has 0 saturated carbocycles. The molecular weight excluding hydrogens is 536 g/mol. The minimum atomic E-state index is -0.648. The fourth-order valence-corrected chi connectivity index (χ4v) is 4.87. The first kappa shape index (κ1) is 26.2. The Morgan fingerprint density at radius 2 is 1.83 bits per heavy atom. The number of hydrogen-bond acceptors (Lipinski definition) is 5. The highest BCUT2D eigenvalue weighted by atomic mass is 79.9. The van der Waals surface area contributed by atoms with E-state index in [0.717, 1.165) is 11.8 Å². The highest BCUT2D eigenvalue weighted by Crippen LogP contribution is 2.31. The van der Waals surface area contributed by atoms with Crippen molar-refractivity contribution in [2.45, 2.75) is 18.6 Å². The quantitative estimate of drug-likeness (QED) is 0.406. The zero-order valence-electron chi connectivity index (χ0n) is 20.0. The summed E-state index contributed by atoms with van der Waals surface area (Å²) in [5, 5.41) is 10.5. The summed E-state index contributed by atoms with van der Waals surface area (Å²) in [6.07, 6.45) is 0. The van der Waals surface area contributed by atoms with Crippen molar-refractivity contribution in [1.82, 2.24) is 20.0 Å². The van der Waals surface area contributed by atoms with Gasteiger partial charge in [-0.2, -0.15) is 5.10 Å². The van der Waals surface area contributed by atoms with Crippen LogP contribution in [0.25, 0.3) is 5.69 Å². The van der Waals surface area contributed by atoms with Gasteiger partial charge in [0.2, 0.25) is 0 Å². The van der Waals surface area contributed by atoms with Crippen LogP contribution in [-0.2, 0) is 16.1 Å². The number of rotatable bonds is 9. The molecule has 0 spiro atoms. The molecule has 2 atom stereocenters. The minimum absolute atomic E-state index is 0.251. The van der Waals surface area contributed by atoms with E-state index in [4.69, 9.17) is 9.47 Å². The van der Waals surface area contributed by atoms with Crippen LogP contribution in [0, 0.1) is 11.6 Å². The van der Waals surface area contributed by atoms with Gasteiger partial charge >= 0.3 is 6.03 Å². The third-order valence-electron chi connectivity index (χ3n) is 6.04. The molecule has 1 saturated heterocycles. The van der Waals surface area contributed by atoms with Gasteiger partial charge in [-0.3, -0.25) is 10.2 Å². The molecule has 3 aromatic rings. The van der Waals surface area contributed by atoms with E-state index in [1.54, 1.807) is 18.9 Å². The van der Waals surface area contributed by atoms with Crippen molar-refractivity contribution in [2.24, 2.45) is 0 Å². The van der Waals surface area contributed by atoms with Gasteiger partial charge in [-0.05, 0) is 45.8 Å². The van der Waals surface area contributed by atoms with E-state index in [1.165, 1.54) is 12.1 Å². The zero-order valence-corrected chi connectivity index (χ0v) is 21.6. The number of aromatic nitrogens is 2. The number of carbonyl (C=O) groups excluding carboxylic acids is 1. The number of methoxy groups -OCH3 is 2. The second-order valence-electron chi connectivity index (χ2n) is 8.56. The van der Waals surface area contributed by atoms with Gasteiger partial charge < -0.3 is 14.8 Å². The molecule has 1 aliphatic rings. The lowest BCUT2D eigenvalue weighted by Gasteiger charge is -2.21. The van der Waals surface area contributed by atoms with Gasteiger partial charge in [-0.15, -0.1) is 0 Å². The van der Waals surface area contributed by atoms with Crippen LogP contribution in [0.1, 0.15) is 17.2 Å². The maximum Gasteiger partial charge on any atom is 0.320 e. The molecule has 36 heavy (non-hydrogen) atoms. The van der Waals surface area contributed by atoms with Crippen LogP contribution in [-0.4, -0.2) is 67.2 Å². The number of anilines is 1. The molecule has 8 nitrogen and oxygen atoms in total. The summed E-state index contributed by atoms with van der Waals surface area (Å²) in [6, 6.07) is 12.0. The highest BCUT2D eigenvalue weighted by molar-refractivity contribution is 9.10. The maximum atomic E-state index is 14.0. The van der Waals surface area contributed by atoms with Gasteiger partial charge in [0.05, 0.1) is 29.4 Å². The lowest BCUT2D eigenvalue weighted by Crippen LogP contribution is -2.42. The molecule has 2 aromatic carbocycles. The van der Waals surface area contributed by atoms with Crippen molar-refractivity contribution in [2.75, 3.05) is 45.8 Å². The SMILES string of the molecule is COCCN1C[C@@H](NC(=O)Nc2c(Br)c(COC)nn2-c2ccccc2)[C@H](c2cc(F)cc(F)c2)C1. The van der Waals surface area contributed by atoms with Gasteiger partial charge in [-0.25, -0.2) is 18.3 Å². The van der Waals surface area contributed by atoms with E-state index in [1.807, 2.05) is 30.3 Å². The van der Waals surface area contributed by atoms with Crippen molar-refractivity contribution in [3.05, 3.63) is 75.9 Å². The summed E-state index contributed by atoms with van der Waals surface area (Å²) < 4.78 is 40.6. The molecule has 0 unspecified atom stereocenters. The predicted molar refractivity (Wildman–Crippen MR) is 135 cm³/mol. The van der Waals surface area contributed by atoms with Gasteiger partial charge in [0.15, 0.2) is 5.82 Å². The first-order valence-corrected chi connectivity index (χ1v) is 12.3. The molecule has 2 heterocycles. The van der Waals surface area contributed by atoms with Crippen molar-refractivity contribution < 1.29 is 23.0 Å². The van der Waals surface area contributed by atoms with Crippen LogP contribution in [0.3, 0.4) is 0 Å². The Labute approximate surface area is 216 Å². The number of amides is 2. The summed E-state index contributed by atoms with van der Waals surface area (Å²) in [7, 11) is 3.18. The van der Waals surface area contributed by atoms with Crippen molar-refractivity contribution >= 4 is 27.8 Å². The average molecular weight is 564 g/mol. The number of likely N-dealkylation sites (tertiary alicyclic amines) is 1. The molecule has 0 radical (unpaired) electrons. The number of nitrogens with zero attached hydrogens (tertiary/aromatic N) is 3. The lowest BCUT2D eigenvalue weighted by molar-refractivity contribution is 0.159. The van der Waals surface area contributed by atoms with Crippen LogP contribution in [0.15, 0.2) is 53.0 Å². The summed E-state index contributed by atoms with van der Waals surface area (Å²) >= 11 is 3.53. The van der Waals surface area contributed by atoms with E-state index in [9.17, 15) is 13.6 Å². The van der Waals surface area contributed by atoms with Crippen LogP contribution in [0.2, 0.25) is 0 Å². The topological polar surface area (TPSA) is 80.7 Å². The van der Waals surface area contributed by atoms with E-state index in [-0.39, 0.29) is 18.6 Å². The van der Waals surface area contributed by atoms with E-state index >= 15 is 0 Å². The first-order chi connectivity index (χ1) is 17.4. The fourth-order valence-electron chi connectivity index (χ4n) is 4.41. The van der Waals surface area contributed by atoms with E-state index in [0.29, 0.717) is 47.8 Å². The lowest BCUT2D eigenvalue weighted by atomic mass is 9.94. The Kier molecular flexibility index (Phi) is 8.68. The zero-order chi connectivity index (χ0) is 25.7. The van der Waals surface area contributed by atoms with Gasteiger partial charge in [0.25, 0.3) is 0 Å². The number of carbonyl (C=O) groups is 1. The molecule has 4 rings (SSSR count). The number of para-hydroxylation sites is 1. The van der Waals surface area contributed by atoms with Crippen molar-refractivity contribution in [1.29, 1.82) is 0 Å². The Bertz CT molecular complexity index is 1170. The monoisotopic (exact) mass is 563 g/mol. The highest BCUT2D eigenvalue weighted by Gasteiger charge is 2.35. The van der Waals surface area contributed by atoms with Crippen LogP contribution in [0.4, 0.5) is 19.4 Å². The Hall–Kier alpha value is -2.86. The molecule has 1 aromatic heterocycles. The van der Waals surface area contributed by atoms with Gasteiger partial charge in [0, 0.05) is 45.8 Å². The van der Waals surface area contributed by atoms with E-state index in [2.05, 4.69) is 36.6 Å². The normalized spacial score (nSPS) is 17.9. The number of nitrogens with one attached hydrogen (secondary N) is 2. The van der Waals surface area contributed by atoms with Crippen molar-refractivity contribution in [3.63, 3.8) is 0 Å². The first-order valence-electron chi connectivity index (χ1n) is 11.5. The number of halogens is 3. The Morgan fingerprint density at radius 1 is 1.11 bits per heavy atom. The second kappa shape index (κ2) is 11.9. The van der Waals surface area contributed by atoms with Crippen LogP contribution >= 0.6 is 15.9 Å². The third-order valence-corrected chi connectivity index (χ3v) is 6.88. The summed E-state index contributed by atoms with van der Waals surface area (Å²) in [5.41, 5.74) is 1.88. The Morgan fingerprint density at radius 3 is 2.50 bits per heavy atom. The summed E-state index contributed by atoms with van der Waals surface area (Å²) in [6.45, 7) is 2.43. The standard InChI is InChI=1S/C25H28BrF2N5O3/c1-35-9-8-32-13-20(16-10-17(27)12-18(28)11-16)21(14-32)29-25(34)30-24-23(26)22(15-36-2)31-33(24)19-6-4-3-5-7-19/h3-7,10-12,20-21H,8-9,13-15H2,1-2H3,(H2,29,30,34)/t20-,21+/m0/s1. The Balaban J connectivity index is 1.57. The summed E-state index contributed by atoms with van der Waals surface area (Å²) in [4.78, 5) is 15.3. The molecule has 1 aliphatic heterocycles. The van der Waals surface area contributed by atoms with Gasteiger partial charge in [-0.1, -0.05) is 18.2 Å². The largest absolute Gasteiger partial charge is 0.383 e. The second-order valence-corrected chi connectivity index (χ2v) is 9.35. The molecule has 0 bridgehead atoms. The van der Waals surface area contributed by atoms with E-state index < -0.39 is 17.7 Å². The number of hydrogen-bond donors (Lipinski definition) is 2. The fraction of sp³-hybridized carbons (Fsp3) is 0.360. The molecule has 11 heteroatoms.